The molecule has 0 saturated heterocycles. The van der Waals surface area contributed by atoms with E-state index in [2.05, 4.69) is 5.32 Å². The number of carbonyl (C=O) groups is 1. The van der Waals surface area contributed by atoms with Gasteiger partial charge in [0.2, 0.25) is 0 Å². The molecule has 0 aliphatic heterocycles. The van der Waals surface area contributed by atoms with Crippen LogP contribution < -0.4 is 10.1 Å². The Balaban J connectivity index is 1.65. The van der Waals surface area contributed by atoms with Crippen molar-refractivity contribution in [1.82, 2.24) is 9.88 Å². The topological polar surface area (TPSA) is 43.3 Å². The number of hydrogen-bond donors (Lipinski definition) is 1. The molecule has 1 amide bonds. The minimum absolute atomic E-state index is 0.164. The number of nitrogens with one attached hydrogen (secondary N) is 1. The highest BCUT2D eigenvalue weighted by Crippen LogP contribution is 2.19. The third kappa shape index (κ3) is 3.25. The first kappa shape index (κ1) is 16.1. The Hall–Kier alpha value is -2.82. The summed E-state index contributed by atoms with van der Waals surface area (Å²) >= 11 is 0. The molecule has 1 heterocycles. The standard InChI is InChI=1S/C19H19FN2O2/c1-22-17-12-15(20)6-5-14(17)11-18(22)19(23)21-10-9-13-3-7-16(24-2)8-4-13/h3-8,11-12H,9-10H2,1-2H3,(H,21,23). The number of ether oxygens (including phenoxy) is 1. The van der Waals surface area contributed by atoms with Crippen LogP contribution in [0.2, 0.25) is 0 Å². The second kappa shape index (κ2) is 6.74. The normalized spacial score (nSPS) is 10.8. The van der Waals surface area contributed by atoms with Gasteiger partial charge in [0.05, 0.1) is 12.6 Å². The van der Waals surface area contributed by atoms with Gasteiger partial charge < -0.3 is 14.6 Å². The Labute approximate surface area is 139 Å². The van der Waals surface area contributed by atoms with Gasteiger partial charge in [-0.15, -0.1) is 0 Å². The number of aryl methyl sites for hydroxylation is 1. The van der Waals surface area contributed by atoms with Gasteiger partial charge in [0.1, 0.15) is 17.3 Å². The minimum Gasteiger partial charge on any atom is -0.497 e. The number of hydrogen-bond acceptors (Lipinski definition) is 2. The van der Waals surface area contributed by atoms with E-state index in [1.54, 1.807) is 30.9 Å². The summed E-state index contributed by atoms with van der Waals surface area (Å²) in [5.41, 5.74) is 2.34. The molecular weight excluding hydrogens is 307 g/mol. The average Bonchev–Trinajstić information content (AvgIpc) is 2.92. The number of halogens is 1. The second-order valence-electron chi connectivity index (χ2n) is 5.65. The molecule has 124 valence electrons. The van der Waals surface area contributed by atoms with Crippen molar-refractivity contribution in [2.75, 3.05) is 13.7 Å². The second-order valence-corrected chi connectivity index (χ2v) is 5.65. The first-order valence-corrected chi connectivity index (χ1v) is 7.74. The molecule has 5 heteroatoms. The summed E-state index contributed by atoms with van der Waals surface area (Å²) in [6.45, 7) is 0.529. The van der Waals surface area contributed by atoms with Crippen LogP contribution in [0.25, 0.3) is 10.9 Å². The lowest BCUT2D eigenvalue weighted by Gasteiger charge is -2.07. The molecule has 1 N–H and O–H groups in total. The molecule has 24 heavy (non-hydrogen) atoms. The van der Waals surface area contributed by atoms with Crippen molar-refractivity contribution in [3.63, 3.8) is 0 Å². The maximum absolute atomic E-state index is 13.3. The Kier molecular flexibility index (Phi) is 4.51. The van der Waals surface area contributed by atoms with E-state index in [-0.39, 0.29) is 11.7 Å². The summed E-state index contributed by atoms with van der Waals surface area (Å²) in [4.78, 5) is 12.4. The fourth-order valence-corrected chi connectivity index (χ4v) is 2.72. The van der Waals surface area contributed by atoms with Gasteiger partial charge in [-0.25, -0.2) is 4.39 Å². The van der Waals surface area contributed by atoms with Gasteiger partial charge in [-0.3, -0.25) is 4.79 Å². The van der Waals surface area contributed by atoms with E-state index in [0.29, 0.717) is 17.8 Å². The van der Waals surface area contributed by atoms with E-state index in [1.165, 1.54) is 12.1 Å². The molecule has 0 radical (unpaired) electrons. The number of benzene rings is 2. The molecule has 1 aromatic heterocycles. The summed E-state index contributed by atoms with van der Waals surface area (Å²) in [6.07, 6.45) is 0.730. The molecule has 0 atom stereocenters. The zero-order valence-electron chi connectivity index (χ0n) is 13.7. The molecule has 3 rings (SSSR count). The fraction of sp³-hybridized carbons (Fsp3) is 0.211. The average molecular weight is 326 g/mol. The summed E-state index contributed by atoms with van der Waals surface area (Å²) in [7, 11) is 3.39. The van der Waals surface area contributed by atoms with Crippen molar-refractivity contribution in [3.05, 3.63) is 65.6 Å². The monoisotopic (exact) mass is 326 g/mol. The molecule has 0 bridgehead atoms. The first-order valence-electron chi connectivity index (χ1n) is 7.74. The number of rotatable bonds is 5. The summed E-state index contributed by atoms with van der Waals surface area (Å²) in [5, 5.41) is 3.75. The van der Waals surface area contributed by atoms with Crippen LogP contribution >= 0.6 is 0 Å². The van der Waals surface area contributed by atoms with Crippen LogP contribution in [0.15, 0.2) is 48.5 Å². The SMILES string of the molecule is COc1ccc(CCNC(=O)c2cc3ccc(F)cc3n2C)cc1. The van der Waals surface area contributed by atoms with Crippen LogP contribution in [-0.2, 0) is 13.5 Å². The van der Waals surface area contributed by atoms with Crippen LogP contribution in [-0.4, -0.2) is 24.1 Å². The molecule has 0 unspecified atom stereocenters. The number of aromatic nitrogens is 1. The maximum atomic E-state index is 13.3. The highest BCUT2D eigenvalue weighted by Gasteiger charge is 2.13. The zero-order chi connectivity index (χ0) is 17.1. The smallest absolute Gasteiger partial charge is 0.267 e. The van der Waals surface area contributed by atoms with Crippen molar-refractivity contribution in [1.29, 1.82) is 0 Å². The van der Waals surface area contributed by atoms with E-state index >= 15 is 0 Å². The Morgan fingerprint density at radius 3 is 2.62 bits per heavy atom. The Bertz CT molecular complexity index is 869. The first-order chi connectivity index (χ1) is 11.6. The van der Waals surface area contributed by atoms with E-state index < -0.39 is 0 Å². The summed E-state index contributed by atoms with van der Waals surface area (Å²) < 4.78 is 20.2. The molecule has 3 aromatic rings. The zero-order valence-corrected chi connectivity index (χ0v) is 13.7. The molecule has 0 aliphatic rings. The molecule has 4 nitrogen and oxygen atoms in total. The highest BCUT2D eigenvalue weighted by molar-refractivity contribution is 5.98. The number of nitrogens with zero attached hydrogens (tertiary/aromatic N) is 1. The predicted octanol–water partition coefficient (Wildman–Crippen LogP) is 3.30. The van der Waals surface area contributed by atoms with Gasteiger partial charge in [0, 0.05) is 19.0 Å². The van der Waals surface area contributed by atoms with Gasteiger partial charge in [-0.05, 0) is 48.4 Å². The highest BCUT2D eigenvalue weighted by atomic mass is 19.1. The molecule has 0 fully saturated rings. The lowest BCUT2D eigenvalue weighted by atomic mass is 10.1. The molecule has 2 aromatic carbocycles. The number of methoxy groups -OCH3 is 1. The van der Waals surface area contributed by atoms with E-state index in [4.69, 9.17) is 4.74 Å². The summed E-state index contributed by atoms with van der Waals surface area (Å²) in [5.74, 6) is 0.336. The van der Waals surface area contributed by atoms with Gasteiger partial charge in [-0.1, -0.05) is 12.1 Å². The Morgan fingerprint density at radius 2 is 1.92 bits per heavy atom. The van der Waals surface area contributed by atoms with Crippen molar-refractivity contribution in [3.8, 4) is 5.75 Å². The minimum atomic E-state index is -0.310. The third-order valence-electron chi connectivity index (χ3n) is 4.10. The van der Waals surface area contributed by atoms with Crippen molar-refractivity contribution < 1.29 is 13.9 Å². The van der Waals surface area contributed by atoms with Gasteiger partial charge >= 0.3 is 0 Å². The van der Waals surface area contributed by atoms with Gasteiger partial charge in [-0.2, -0.15) is 0 Å². The Morgan fingerprint density at radius 1 is 1.17 bits per heavy atom. The van der Waals surface area contributed by atoms with Crippen molar-refractivity contribution >= 4 is 16.8 Å². The van der Waals surface area contributed by atoms with E-state index in [1.807, 2.05) is 24.3 Å². The van der Waals surface area contributed by atoms with Crippen LogP contribution in [0.1, 0.15) is 16.1 Å². The lowest BCUT2D eigenvalue weighted by Crippen LogP contribution is -2.27. The van der Waals surface area contributed by atoms with Gasteiger partial charge in [0.25, 0.3) is 5.91 Å². The quantitative estimate of drug-likeness (QED) is 0.782. The largest absolute Gasteiger partial charge is 0.497 e. The molecule has 0 saturated carbocycles. The van der Waals surface area contributed by atoms with Crippen LogP contribution in [0.3, 0.4) is 0 Å². The van der Waals surface area contributed by atoms with E-state index in [0.717, 1.165) is 23.1 Å². The molecular formula is C19H19FN2O2. The van der Waals surface area contributed by atoms with Crippen molar-refractivity contribution in [2.24, 2.45) is 7.05 Å². The third-order valence-corrected chi connectivity index (χ3v) is 4.10. The predicted molar refractivity (Wildman–Crippen MR) is 91.9 cm³/mol. The van der Waals surface area contributed by atoms with Gasteiger partial charge in [0.15, 0.2) is 0 Å². The number of carbonyl (C=O) groups excluding carboxylic acids is 1. The van der Waals surface area contributed by atoms with Crippen LogP contribution in [0, 0.1) is 5.82 Å². The summed E-state index contributed by atoms with van der Waals surface area (Å²) in [6, 6.07) is 14.0. The fourth-order valence-electron chi connectivity index (χ4n) is 2.72. The molecule has 0 aliphatic carbocycles. The van der Waals surface area contributed by atoms with Crippen LogP contribution in [0.5, 0.6) is 5.75 Å². The van der Waals surface area contributed by atoms with E-state index in [9.17, 15) is 9.18 Å². The van der Waals surface area contributed by atoms with Crippen LogP contribution in [0.4, 0.5) is 4.39 Å². The number of fused-ring (bicyclic) bond motifs is 1. The lowest BCUT2D eigenvalue weighted by molar-refractivity contribution is 0.0946. The molecule has 0 spiro atoms. The number of amides is 1. The van der Waals surface area contributed by atoms with Crippen molar-refractivity contribution in [2.45, 2.75) is 6.42 Å². The maximum Gasteiger partial charge on any atom is 0.267 e.